The quantitative estimate of drug-likeness (QED) is 0.873. The minimum atomic E-state index is 0.415. The van der Waals surface area contributed by atoms with Crippen LogP contribution < -0.4 is 10.5 Å². The number of nitrogens with two attached hydrogens (primary N) is 1. The van der Waals surface area contributed by atoms with Crippen molar-refractivity contribution in [2.75, 3.05) is 0 Å². The number of ether oxygens (including phenoxy) is 1. The summed E-state index contributed by atoms with van der Waals surface area (Å²) in [6, 6.07) is 0. The summed E-state index contributed by atoms with van der Waals surface area (Å²) < 4.78 is 9.38. The maximum absolute atomic E-state index is 5.82. The van der Waals surface area contributed by atoms with E-state index < -0.39 is 0 Å². The van der Waals surface area contributed by atoms with Crippen molar-refractivity contribution < 1.29 is 4.74 Å². The predicted octanol–water partition coefficient (Wildman–Crippen LogP) is 1.59. The third-order valence-corrected chi connectivity index (χ3v) is 2.77. The first-order valence-electron chi connectivity index (χ1n) is 6.08. The van der Waals surface area contributed by atoms with Crippen LogP contribution >= 0.6 is 0 Å². The average molecular weight is 249 g/mol. The maximum Gasteiger partial charge on any atom is 0.222 e. The van der Waals surface area contributed by atoms with Crippen LogP contribution in [0.1, 0.15) is 24.6 Å². The highest BCUT2D eigenvalue weighted by molar-refractivity contribution is 5.34. The zero-order valence-corrected chi connectivity index (χ0v) is 11.1. The SMILES string of the molecule is CCCn1cc(Oc2c(CN)c(C)nn2C)cn1. The fourth-order valence-corrected chi connectivity index (χ4v) is 1.90. The second kappa shape index (κ2) is 5.22. The Morgan fingerprint density at radius 2 is 2.22 bits per heavy atom. The fourth-order valence-electron chi connectivity index (χ4n) is 1.90. The van der Waals surface area contributed by atoms with E-state index in [0.717, 1.165) is 24.2 Å². The first kappa shape index (κ1) is 12.6. The minimum Gasteiger partial charge on any atom is -0.436 e. The van der Waals surface area contributed by atoms with Crippen LogP contribution in [-0.4, -0.2) is 19.6 Å². The highest BCUT2D eigenvalue weighted by Gasteiger charge is 2.14. The molecule has 0 aromatic carbocycles. The highest BCUT2D eigenvalue weighted by Crippen LogP contribution is 2.26. The molecule has 98 valence electrons. The fraction of sp³-hybridized carbons (Fsp3) is 0.500. The van der Waals surface area contributed by atoms with Crippen molar-refractivity contribution in [2.45, 2.75) is 33.4 Å². The molecular weight excluding hydrogens is 230 g/mol. The molecule has 0 saturated heterocycles. The number of hydrogen-bond acceptors (Lipinski definition) is 4. The Hall–Kier alpha value is -1.82. The van der Waals surface area contributed by atoms with Gasteiger partial charge >= 0.3 is 0 Å². The molecule has 18 heavy (non-hydrogen) atoms. The molecule has 2 rings (SSSR count). The average Bonchev–Trinajstić information content (AvgIpc) is 2.86. The zero-order chi connectivity index (χ0) is 13.1. The van der Waals surface area contributed by atoms with Crippen molar-refractivity contribution in [3.8, 4) is 11.6 Å². The van der Waals surface area contributed by atoms with Crippen LogP contribution in [-0.2, 0) is 20.1 Å². The van der Waals surface area contributed by atoms with Crippen molar-refractivity contribution in [1.29, 1.82) is 0 Å². The van der Waals surface area contributed by atoms with Gasteiger partial charge in [-0.2, -0.15) is 10.2 Å². The summed E-state index contributed by atoms with van der Waals surface area (Å²) in [7, 11) is 1.85. The molecule has 0 radical (unpaired) electrons. The molecule has 0 bridgehead atoms. The number of aryl methyl sites for hydroxylation is 3. The molecule has 0 saturated carbocycles. The predicted molar refractivity (Wildman–Crippen MR) is 68.4 cm³/mol. The number of nitrogens with zero attached hydrogens (tertiary/aromatic N) is 4. The van der Waals surface area contributed by atoms with Gasteiger partial charge in [0.1, 0.15) is 0 Å². The van der Waals surface area contributed by atoms with E-state index >= 15 is 0 Å². The normalized spacial score (nSPS) is 10.9. The molecule has 6 nitrogen and oxygen atoms in total. The van der Waals surface area contributed by atoms with Gasteiger partial charge in [0, 0.05) is 20.1 Å². The Bertz CT molecular complexity index is 529. The lowest BCUT2D eigenvalue weighted by Gasteiger charge is -2.05. The molecule has 0 fully saturated rings. The van der Waals surface area contributed by atoms with E-state index in [1.807, 2.05) is 24.9 Å². The van der Waals surface area contributed by atoms with Crippen molar-refractivity contribution >= 4 is 0 Å². The Morgan fingerprint density at radius 1 is 1.44 bits per heavy atom. The summed E-state index contributed by atoms with van der Waals surface area (Å²) in [6.07, 6.45) is 4.63. The number of rotatable bonds is 5. The van der Waals surface area contributed by atoms with Crippen LogP contribution in [0, 0.1) is 6.92 Å². The largest absolute Gasteiger partial charge is 0.436 e. The molecule has 2 aromatic heterocycles. The smallest absolute Gasteiger partial charge is 0.222 e. The van der Waals surface area contributed by atoms with E-state index in [1.54, 1.807) is 10.9 Å². The summed E-state index contributed by atoms with van der Waals surface area (Å²) in [5.41, 5.74) is 7.55. The van der Waals surface area contributed by atoms with Crippen LogP contribution in [0.2, 0.25) is 0 Å². The molecular formula is C12H19N5O. The van der Waals surface area contributed by atoms with Crippen molar-refractivity contribution in [3.63, 3.8) is 0 Å². The van der Waals surface area contributed by atoms with Gasteiger partial charge < -0.3 is 10.5 Å². The van der Waals surface area contributed by atoms with Crippen LogP contribution in [0.3, 0.4) is 0 Å². The van der Waals surface area contributed by atoms with E-state index in [4.69, 9.17) is 10.5 Å². The lowest BCUT2D eigenvalue weighted by Crippen LogP contribution is -2.01. The van der Waals surface area contributed by atoms with Gasteiger partial charge in [0.2, 0.25) is 5.88 Å². The van der Waals surface area contributed by atoms with Gasteiger partial charge in [-0.25, -0.2) is 4.68 Å². The Morgan fingerprint density at radius 3 is 2.89 bits per heavy atom. The van der Waals surface area contributed by atoms with Crippen LogP contribution in [0.4, 0.5) is 0 Å². The van der Waals surface area contributed by atoms with Gasteiger partial charge in [0.05, 0.1) is 23.7 Å². The van der Waals surface area contributed by atoms with E-state index in [-0.39, 0.29) is 0 Å². The molecule has 2 heterocycles. The maximum atomic E-state index is 5.82. The van der Waals surface area contributed by atoms with Crippen LogP contribution in [0.5, 0.6) is 11.6 Å². The molecule has 2 aromatic rings. The van der Waals surface area contributed by atoms with Gasteiger partial charge in [0.25, 0.3) is 0 Å². The zero-order valence-electron chi connectivity index (χ0n) is 11.1. The summed E-state index contributed by atoms with van der Waals surface area (Å²) in [5.74, 6) is 1.40. The highest BCUT2D eigenvalue weighted by atomic mass is 16.5. The molecule has 0 aliphatic carbocycles. The Balaban J connectivity index is 2.22. The topological polar surface area (TPSA) is 70.9 Å². The lowest BCUT2D eigenvalue weighted by molar-refractivity contribution is 0.425. The monoisotopic (exact) mass is 249 g/mol. The summed E-state index contributed by atoms with van der Waals surface area (Å²) in [4.78, 5) is 0. The standard InChI is InChI=1S/C12H19N5O/c1-4-5-17-8-10(7-14-17)18-12-11(6-13)9(2)15-16(12)3/h7-8H,4-6,13H2,1-3H3. The summed E-state index contributed by atoms with van der Waals surface area (Å²) >= 11 is 0. The third kappa shape index (κ3) is 2.38. The first-order valence-corrected chi connectivity index (χ1v) is 6.08. The molecule has 0 amide bonds. The minimum absolute atomic E-state index is 0.415. The molecule has 0 spiro atoms. The first-order chi connectivity index (χ1) is 8.65. The lowest BCUT2D eigenvalue weighted by atomic mass is 10.2. The third-order valence-electron chi connectivity index (χ3n) is 2.77. The van der Waals surface area contributed by atoms with Gasteiger partial charge in [-0.3, -0.25) is 4.68 Å². The molecule has 0 aliphatic heterocycles. The van der Waals surface area contributed by atoms with E-state index in [2.05, 4.69) is 17.1 Å². The molecule has 0 unspecified atom stereocenters. The Kier molecular flexibility index (Phi) is 3.66. The number of hydrogen-bond donors (Lipinski definition) is 1. The van der Waals surface area contributed by atoms with Gasteiger partial charge in [-0.1, -0.05) is 6.92 Å². The van der Waals surface area contributed by atoms with Crippen LogP contribution in [0.15, 0.2) is 12.4 Å². The Labute approximate surface area is 106 Å². The number of aromatic nitrogens is 4. The van der Waals surface area contributed by atoms with E-state index in [0.29, 0.717) is 18.2 Å². The summed E-state index contributed by atoms with van der Waals surface area (Å²) in [6.45, 7) is 5.34. The molecule has 0 aliphatic rings. The van der Waals surface area contributed by atoms with Gasteiger partial charge in [-0.15, -0.1) is 0 Å². The second-order valence-electron chi connectivity index (χ2n) is 4.24. The van der Waals surface area contributed by atoms with Crippen LogP contribution in [0.25, 0.3) is 0 Å². The molecule has 0 atom stereocenters. The van der Waals surface area contributed by atoms with Gasteiger partial charge in [-0.05, 0) is 13.3 Å². The molecule has 2 N–H and O–H groups in total. The van der Waals surface area contributed by atoms with E-state index in [9.17, 15) is 0 Å². The second-order valence-corrected chi connectivity index (χ2v) is 4.24. The van der Waals surface area contributed by atoms with Crippen molar-refractivity contribution in [3.05, 3.63) is 23.7 Å². The van der Waals surface area contributed by atoms with Crippen molar-refractivity contribution in [1.82, 2.24) is 19.6 Å². The van der Waals surface area contributed by atoms with Gasteiger partial charge in [0.15, 0.2) is 5.75 Å². The van der Waals surface area contributed by atoms with Crippen molar-refractivity contribution in [2.24, 2.45) is 12.8 Å². The molecule has 6 heteroatoms. The van der Waals surface area contributed by atoms with E-state index in [1.165, 1.54) is 0 Å². The summed E-state index contributed by atoms with van der Waals surface area (Å²) in [5, 5.41) is 8.53.